The first kappa shape index (κ1) is 13.0. The van der Waals surface area contributed by atoms with Gasteiger partial charge in [0.15, 0.2) is 10.2 Å². The molecule has 1 aromatic carbocycles. The van der Waals surface area contributed by atoms with E-state index in [-0.39, 0.29) is 0 Å². The summed E-state index contributed by atoms with van der Waals surface area (Å²) in [5.74, 6) is 0. The van der Waals surface area contributed by atoms with Crippen molar-refractivity contribution in [2.24, 2.45) is 0 Å². The van der Waals surface area contributed by atoms with Gasteiger partial charge in [0.25, 0.3) is 0 Å². The maximum atomic E-state index is 5.14. The van der Waals surface area contributed by atoms with Gasteiger partial charge >= 0.3 is 0 Å². The summed E-state index contributed by atoms with van der Waals surface area (Å²) in [5, 5.41) is 7.27. The summed E-state index contributed by atoms with van der Waals surface area (Å²) < 4.78 is 0. The number of hydrogen-bond donors (Lipinski definition) is 4. The molecule has 18 heavy (non-hydrogen) atoms. The third kappa shape index (κ3) is 4.46. The Bertz CT molecular complexity index is 440. The standard InChI is InChI=1S/C12H16N4S2/c1-8-2-4-9(5-3-8)13-11(17)15-16-12(18)14-10-6-7-10/h2-5,10H,6-7H2,1H3,(H2,13,15,17)(H2,14,16,18). The fraction of sp³-hybridized carbons (Fsp3) is 0.333. The maximum Gasteiger partial charge on any atom is 0.189 e. The number of rotatable bonds is 2. The smallest absolute Gasteiger partial charge is 0.189 e. The molecule has 1 fully saturated rings. The Morgan fingerprint density at radius 3 is 2.28 bits per heavy atom. The van der Waals surface area contributed by atoms with Crippen molar-refractivity contribution in [3.8, 4) is 0 Å². The lowest BCUT2D eigenvalue weighted by Gasteiger charge is -2.13. The average molecular weight is 280 g/mol. The molecule has 0 aliphatic heterocycles. The Morgan fingerprint density at radius 1 is 1.06 bits per heavy atom. The first-order chi connectivity index (χ1) is 8.63. The number of benzene rings is 1. The molecule has 96 valence electrons. The molecule has 4 N–H and O–H groups in total. The van der Waals surface area contributed by atoms with Crippen LogP contribution in [0.25, 0.3) is 0 Å². The van der Waals surface area contributed by atoms with Gasteiger partial charge in [-0.15, -0.1) is 0 Å². The average Bonchev–Trinajstić information content (AvgIpc) is 3.13. The number of nitrogens with one attached hydrogen (secondary N) is 4. The molecule has 1 aromatic rings. The fourth-order valence-corrected chi connectivity index (χ4v) is 1.75. The Balaban J connectivity index is 1.70. The van der Waals surface area contributed by atoms with Crippen molar-refractivity contribution in [1.82, 2.24) is 16.2 Å². The zero-order chi connectivity index (χ0) is 13.0. The lowest BCUT2D eigenvalue weighted by Crippen LogP contribution is -2.48. The molecular weight excluding hydrogens is 264 g/mol. The molecule has 0 saturated heterocycles. The molecule has 0 aromatic heterocycles. The highest BCUT2D eigenvalue weighted by atomic mass is 32.1. The lowest BCUT2D eigenvalue weighted by molar-refractivity contribution is 0.805. The Labute approximate surface area is 118 Å². The lowest BCUT2D eigenvalue weighted by atomic mass is 10.2. The molecule has 0 radical (unpaired) electrons. The summed E-state index contributed by atoms with van der Waals surface area (Å²) in [6.07, 6.45) is 2.38. The van der Waals surface area contributed by atoms with E-state index in [1.54, 1.807) is 0 Å². The van der Waals surface area contributed by atoms with Gasteiger partial charge in [0.2, 0.25) is 0 Å². The van der Waals surface area contributed by atoms with Gasteiger partial charge in [-0.05, 0) is 56.3 Å². The molecule has 1 aliphatic rings. The molecule has 0 atom stereocenters. The Hall–Kier alpha value is -1.40. The van der Waals surface area contributed by atoms with Gasteiger partial charge in [0, 0.05) is 11.7 Å². The van der Waals surface area contributed by atoms with Gasteiger partial charge in [0.05, 0.1) is 0 Å². The highest BCUT2D eigenvalue weighted by molar-refractivity contribution is 7.80. The quantitative estimate of drug-likeness (QED) is 0.490. The van der Waals surface area contributed by atoms with Crippen molar-refractivity contribution in [2.45, 2.75) is 25.8 Å². The normalized spacial score (nSPS) is 13.6. The Morgan fingerprint density at radius 2 is 1.67 bits per heavy atom. The number of hydrazine groups is 1. The van der Waals surface area contributed by atoms with Crippen LogP contribution in [0.2, 0.25) is 0 Å². The molecule has 0 bridgehead atoms. The molecule has 0 unspecified atom stereocenters. The topological polar surface area (TPSA) is 48.1 Å². The van der Waals surface area contributed by atoms with Crippen LogP contribution >= 0.6 is 24.4 Å². The van der Waals surface area contributed by atoms with E-state index < -0.39 is 0 Å². The fourth-order valence-electron chi connectivity index (χ4n) is 1.36. The number of anilines is 1. The van der Waals surface area contributed by atoms with E-state index >= 15 is 0 Å². The second-order valence-electron chi connectivity index (χ2n) is 4.32. The molecule has 4 nitrogen and oxygen atoms in total. The summed E-state index contributed by atoms with van der Waals surface area (Å²) in [6, 6.07) is 8.54. The van der Waals surface area contributed by atoms with Crippen molar-refractivity contribution in [2.75, 3.05) is 5.32 Å². The largest absolute Gasteiger partial charge is 0.359 e. The van der Waals surface area contributed by atoms with Crippen LogP contribution in [-0.2, 0) is 0 Å². The van der Waals surface area contributed by atoms with Gasteiger partial charge in [-0.1, -0.05) is 17.7 Å². The van der Waals surface area contributed by atoms with Crippen LogP contribution in [0.1, 0.15) is 18.4 Å². The summed E-state index contributed by atoms with van der Waals surface area (Å²) in [6.45, 7) is 2.05. The van der Waals surface area contributed by atoms with Gasteiger partial charge in [0.1, 0.15) is 0 Å². The van der Waals surface area contributed by atoms with Gasteiger partial charge in [-0.2, -0.15) is 0 Å². The van der Waals surface area contributed by atoms with Crippen molar-refractivity contribution in [3.05, 3.63) is 29.8 Å². The maximum absolute atomic E-state index is 5.14. The number of hydrogen-bond acceptors (Lipinski definition) is 2. The predicted molar refractivity (Wildman–Crippen MR) is 82.4 cm³/mol. The third-order valence-corrected chi connectivity index (χ3v) is 2.94. The van der Waals surface area contributed by atoms with E-state index in [0.29, 0.717) is 16.3 Å². The van der Waals surface area contributed by atoms with E-state index in [1.807, 2.05) is 31.2 Å². The van der Waals surface area contributed by atoms with Gasteiger partial charge in [-0.3, -0.25) is 10.9 Å². The molecule has 2 rings (SSSR count). The minimum absolute atomic E-state index is 0.485. The summed E-state index contributed by atoms with van der Waals surface area (Å²) in [5.41, 5.74) is 7.86. The van der Waals surface area contributed by atoms with Crippen molar-refractivity contribution >= 4 is 40.3 Å². The highest BCUT2D eigenvalue weighted by Gasteiger charge is 2.21. The second kappa shape index (κ2) is 5.97. The Kier molecular flexibility index (Phi) is 4.33. The molecule has 1 saturated carbocycles. The molecule has 0 amide bonds. The third-order valence-electron chi connectivity index (χ3n) is 2.51. The summed E-state index contributed by atoms with van der Waals surface area (Å²) in [4.78, 5) is 0. The van der Waals surface area contributed by atoms with E-state index in [9.17, 15) is 0 Å². The van der Waals surface area contributed by atoms with Crippen LogP contribution in [-0.4, -0.2) is 16.3 Å². The zero-order valence-electron chi connectivity index (χ0n) is 10.1. The predicted octanol–water partition coefficient (Wildman–Crippen LogP) is 1.82. The first-order valence-electron chi connectivity index (χ1n) is 5.83. The molecule has 0 heterocycles. The van der Waals surface area contributed by atoms with E-state index in [4.69, 9.17) is 24.4 Å². The minimum atomic E-state index is 0.485. The number of thiocarbonyl (C=S) groups is 2. The first-order valence-corrected chi connectivity index (χ1v) is 6.65. The van der Waals surface area contributed by atoms with Crippen LogP contribution in [0, 0.1) is 6.92 Å². The number of aryl methyl sites for hydroxylation is 1. The summed E-state index contributed by atoms with van der Waals surface area (Å²) in [7, 11) is 0. The van der Waals surface area contributed by atoms with Crippen LogP contribution in [0.4, 0.5) is 5.69 Å². The zero-order valence-corrected chi connectivity index (χ0v) is 11.8. The van der Waals surface area contributed by atoms with Crippen LogP contribution < -0.4 is 21.5 Å². The molecular formula is C12H16N4S2. The van der Waals surface area contributed by atoms with Crippen molar-refractivity contribution in [3.63, 3.8) is 0 Å². The van der Waals surface area contributed by atoms with E-state index in [2.05, 4.69) is 21.5 Å². The summed E-state index contributed by atoms with van der Waals surface area (Å²) >= 11 is 10.2. The molecule has 1 aliphatic carbocycles. The highest BCUT2D eigenvalue weighted by Crippen LogP contribution is 2.18. The second-order valence-corrected chi connectivity index (χ2v) is 5.13. The van der Waals surface area contributed by atoms with Crippen molar-refractivity contribution in [1.29, 1.82) is 0 Å². The van der Waals surface area contributed by atoms with Crippen LogP contribution in [0.5, 0.6) is 0 Å². The monoisotopic (exact) mass is 280 g/mol. The van der Waals surface area contributed by atoms with Gasteiger partial charge < -0.3 is 10.6 Å². The van der Waals surface area contributed by atoms with Crippen LogP contribution in [0.15, 0.2) is 24.3 Å². The SMILES string of the molecule is Cc1ccc(NC(=S)NNC(=S)NC2CC2)cc1. The van der Waals surface area contributed by atoms with Crippen LogP contribution in [0.3, 0.4) is 0 Å². The van der Waals surface area contributed by atoms with E-state index in [0.717, 1.165) is 5.69 Å². The van der Waals surface area contributed by atoms with Gasteiger partial charge in [-0.25, -0.2) is 0 Å². The minimum Gasteiger partial charge on any atom is -0.359 e. The van der Waals surface area contributed by atoms with E-state index in [1.165, 1.54) is 18.4 Å². The molecule has 0 spiro atoms. The molecule has 6 heteroatoms. The van der Waals surface area contributed by atoms with Crippen molar-refractivity contribution < 1.29 is 0 Å².